The molecule has 2 aliphatic rings. The number of ether oxygens (including phenoxy) is 1. The van der Waals surface area contributed by atoms with Crippen LogP contribution in [0.15, 0.2) is 73.2 Å². The summed E-state index contributed by atoms with van der Waals surface area (Å²) in [5, 5.41) is 4.41. The number of nitrogens with one attached hydrogen (secondary N) is 1. The van der Waals surface area contributed by atoms with E-state index in [0.717, 1.165) is 51.8 Å². The third-order valence-corrected chi connectivity index (χ3v) is 5.96. The lowest BCUT2D eigenvalue weighted by molar-refractivity contribution is -0.0498. The van der Waals surface area contributed by atoms with Gasteiger partial charge in [0.15, 0.2) is 0 Å². The van der Waals surface area contributed by atoms with Gasteiger partial charge in [0.05, 0.1) is 17.8 Å². The van der Waals surface area contributed by atoms with Gasteiger partial charge in [-0.25, -0.2) is 9.97 Å². The molecule has 1 fully saturated rings. The van der Waals surface area contributed by atoms with E-state index in [2.05, 4.69) is 37.2 Å². The van der Waals surface area contributed by atoms with Crippen molar-refractivity contribution >= 4 is 28.1 Å². The molecule has 2 aromatic heterocycles. The zero-order valence-electron chi connectivity index (χ0n) is 18.2. The molecule has 0 bridgehead atoms. The second-order valence-electron chi connectivity index (χ2n) is 8.44. The molecule has 34 heavy (non-hydrogen) atoms. The molecule has 0 radical (unpaired) electrons. The van der Waals surface area contributed by atoms with Gasteiger partial charge in [0.1, 0.15) is 5.75 Å². The van der Waals surface area contributed by atoms with E-state index in [0.29, 0.717) is 18.5 Å². The Hall–Kier alpha value is -4.07. The number of hydrogen-bond acceptors (Lipinski definition) is 6. The molecule has 8 heteroatoms. The number of aromatic nitrogens is 3. The summed E-state index contributed by atoms with van der Waals surface area (Å²) in [6.07, 6.45) is 7.95. The van der Waals surface area contributed by atoms with Crippen molar-refractivity contribution in [3.05, 3.63) is 90.0 Å². The van der Waals surface area contributed by atoms with E-state index >= 15 is 0 Å². The molecule has 6 nitrogen and oxygen atoms in total. The Bertz CT molecular complexity index is 1390. The molecule has 1 aliphatic carbocycles. The highest BCUT2D eigenvalue weighted by Gasteiger charge is 2.25. The van der Waals surface area contributed by atoms with Crippen molar-refractivity contribution in [2.75, 3.05) is 10.2 Å². The van der Waals surface area contributed by atoms with Crippen molar-refractivity contribution in [2.45, 2.75) is 32.0 Å². The van der Waals surface area contributed by atoms with Crippen LogP contribution in [-0.2, 0) is 6.54 Å². The van der Waals surface area contributed by atoms with Crippen LogP contribution in [0.2, 0.25) is 0 Å². The third kappa shape index (κ3) is 4.14. The molecule has 0 atom stereocenters. The number of alkyl halides is 2. The number of benzene rings is 2. The quantitative estimate of drug-likeness (QED) is 0.406. The Morgan fingerprint density at radius 3 is 2.68 bits per heavy atom. The summed E-state index contributed by atoms with van der Waals surface area (Å²) in [5.74, 6) is 0.725. The van der Waals surface area contributed by atoms with E-state index in [-0.39, 0.29) is 5.75 Å². The van der Waals surface area contributed by atoms with Gasteiger partial charge in [0.2, 0.25) is 5.95 Å². The van der Waals surface area contributed by atoms with Crippen molar-refractivity contribution in [3.8, 4) is 5.75 Å². The van der Waals surface area contributed by atoms with E-state index < -0.39 is 6.61 Å². The second kappa shape index (κ2) is 8.37. The molecule has 4 aromatic rings. The fraction of sp³-hybridized carbons (Fsp3) is 0.192. The van der Waals surface area contributed by atoms with Gasteiger partial charge >= 0.3 is 6.61 Å². The van der Waals surface area contributed by atoms with Gasteiger partial charge in [0.25, 0.3) is 0 Å². The predicted molar refractivity (Wildman–Crippen MR) is 127 cm³/mol. The molecule has 170 valence electrons. The van der Waals surface area contributed by atoms with Crippen LogP contribution in [0.25, 0.3) is 16.5 Å². The fourth-order valence-electron chi connectivity index (χ4n) is 4.12. The molecule has 2 aromatic carbocycles. The lowest BCUT2D eigenvalue weighted by atomic mass is 9.96. The minimum Gasteiger partial charge on any atom is -0.435 e. The topological polar surface area (TPSA) is 63.2 Å². The number of rotatable bonds is 6. The van der Waals surface area contributed by atoms with Crippen LogP contribution >= 0.6 is 0 Å². The normalized spacial score (nSPS) is 15.3. The Balaban J connectivity index is 1.41. The number of halogens is 2. The van der Waals surface area contributed by atoms with Crippen LogP contribution < -0.4 is 15.0 Å². The minimum absolute atomic E-state index is 0.119. The monoisotopic (exact) mass is 457 g/mol. The van der Waals surface area contributed by atoms with Crippen molar-refractivity contribution < 1.29 is 13.5 Å². The summed E-state index contributed by atoms with van der Waals surface area (Å²) in [6.45, 7) is -2.25. The van der Waals surface area contributed by atoms with E-state index in [9.17, 15) is 8.78 Å². The number of fused-ring (bicyclic) bond motifs is 2. The molecule has 0 spiro atoms. The lowest BCUT2D eigenvalue weighted by Gasteiger charge is -2.29. The summed E-state index contributed by atoms with van der Waals surface area (Å²) < 4.78 is 29.7. The zero-order valence-corrected chi connectivity index (χ0v) is 18.2. The summed E-state index contributed by atoms with van der Waals surface area (Å²) >= 11 is 0. The average molecular weight is 457 g/mol. The standard InChI is InChI=1S/C26H21F2N5O/c27-25(28)34-21-8-3-16(4-9-21)22-15-33(20-7-10-23-17(12-20)2-1-11-29-23)14-18-13-30-26(32-24(18)22)31-19-5-6-19/h1-4,7-13,15,19,25H,5-6,14H2,(H,30,31,32). The van der Waals surface area contributed by atoms with Crippen LogP contribution in [0, 0.1) is 0 Å². The number of nitrogens with zero attached hydrogens (tertiary/aromatic N) is 4. The maximum atomic E-state index is 12.6. The highest BCUT2D eigenvalue weighted by atomic mass is 19.3. The van der Waals surface area contributed by atoms with E-state index in [1.165, 1.54) is 0 Å². The SMILES string of the molecule is FC(F)Oc1ccc(C2=CN(c3ccc4ncccc4c3)Cc3cnc(NC4CC4)nc32)cc1. The maximum absolute atomic E-state index is 12.6. The smallest absolute Gasteiger partial charge is 0.387 e. The van der Waals surface area contributed by atoms with Gasteiger partial charge in [-0.2, -0.15) is 8.78 Å². The first-order chi connectivity index (χ1) is 16.6. The van der Waals surface area contributed by atoms with Crippen LogP contribution in [0.5, 0.6) is 5.75 Å². The van der Waals surface area contributed by atoms with Crippen molar-refractivity contribution in [1.29, 1.82) is 0 Å². The van der Waals surface area contributed by atoms with Crippen LogP contribution in [0.4, 0.5) is 20.4 Å². The predicted octanol–water partition coefficient (Wildman–Crippen LogP) is 5.61. The first kappa shape index (κ1) is 20.5. The fourth-order valence-corrected chi connectivity index (χ4v) is 4.12. The van der Waals surface area contributed by atoms with Gasteiger partial charge in [-0.05, 0) is 54.8 Å². The molecular formula is C26H21F2N5O. The summed E-state index contributed by atoms with van der Waals surface area (Å²) in [5.41, 5.74) is 5.50. The maximum Gasteiger partial charge on any atom is 0.387 e. The lowest BCUT2D eigenvalue weighted by Crippen LogP contribution is -2.23. The Labute approximate surface area is 194 Å². The Morgan fingerprint density at radius 1 is 1.03 bits per heavy atom. The van der Waals surface area contributed by atoms with Gasteiger partial charge in [-0.15, -0.1) is 0 Å². The summed E-state index contributed by atoms with van der Waals surface area (Å²) in [4.78, 5) is 15.9. The highest BCUT2D eigenvalue weighted by molar-refractivity contribution is 5.86. The Morgan fingerprint density at radius 2 is 1.88 bits per heavy atom. The van der Waals surface area contributed by atoms with Gasteiger partial charge in [-0.3, -0.25) is 4.98 Å². The summed E-state index contributed by atoms with van der Waals surface area (Å²) in [7, 11) is 0. The molecule has 1 aliphatic heterocycles. The van der Waals surface area contributed by atoms with Gasteiger partial charge in [0, 0.05) is 46.8 Å². The van der Waals surface area contributed by atoms with Crippen molar-refractivity contribution in [3.63, 3.8) is 0 Å². The average Bonchev–Trinajstić information content (AvgIpc) is 3.67. The summed E-state index contributed by atoms with van der Waals surface area (Å²) in [6, 6.07) is 17.2. The minimum atomic E-state index is -2.86. The molecule has 1 N–H and O–H groups in total. The van der Waals surface area contributed by atoms with E-state index in [1.807, 2.05) is 30.5 Å². The first-order valence-corrected chi connectivity index (χ1v) is 11.1. The molecule has 1 saturated carbocycles. The van der Waals surface area contributed by atoms with Gasteiger partial charge < -0.3 is 15.0 Å². The molecule has 6 rings (SSSR count). The Kier molecular flexibility index (Phi) is 5.05. The van der Waals surface area contributed by atoms with Gasteiger partial charge in [-0.1, -0.05) is 18.2 Å². The number of pyridine rings is 1. The van der Waals surface area contributed by atoms with Crippen LogP contribution in [0.3, 0.4) is 0 Å². The zero-order chi connectivity index (χ0) is 23.1. The number of anilines is 2. The highest BCUT2D eigenvalue weighted by Crippen LogP contribution is 2.35. The molecule has 0 saturated heterocycles. The molecule has 0 amide bonds. The first-order valence-electron chi connectivity index (χ1n) is 11.1. The molecule has 0 unspecified atom stereocenters. The second-order valence-corrected chi connectivity index (χ2v) is 8.44. The van der Waals surface area contributed by atoms with Crippen LogP contribution in [-0.4, -0.2) is 27.6 Å². The van der Waals surface area contributed by atoms with Crippen molar-refractivity contribution in [1.82, 2.24) is 15.0 Å². The molecular weight excluding hydrogens is 436 g/mol. The third-order valence-electron chi connectivity index (χ3n) is 5.96. The largest absolute Gasteiger partial charge is 0.435 e. The van der Waals surface area contributed by atoms with E-state index in [1.54, 1.807) is 30.5 Å². The van der Waals surface area contributed by atoms with Crippen molar-refractivity contribution in [2.24, 2.45) is 0 Å². The molecule has 3 heterocycles. The van der Waals surface area contributed by atoms with Crippen LogP contribution in [0.1, 0.15) is 29.7 Å². The van der Waals surface area contributed by atoms with E-state index in [4.69, 9.17) is 4.98 Å². The number of hydrogen-bond donors (Lipinski definition) is 1.